The molecule has 0 amide bonds. The molecule has 4 aromatic carbocycles. The van der Waals surface area contributed by atoms with Crippen LogP contribution in [0.25, 0.3) is 93.3 Å². The Bertz CT molecular complexity index is 4440. The molecule has 0 atom stereocenters. The van der Waals surface area contributed by atoms with E-state index in [1.165, 1.54) is 45.3 Å². The van der Waals surface area contributed by atoms with Gasteiger partial charge in [0.1, 0.15) is 47.1 Å². The van der Waals surface area contributed by atoms with E-state index >= 15 is 8.78 Å². The Morgan fingerprint density at radius 2 is 0.855 bits per heavy atom. The number of carbonyl (C=O) groups is 2. The number of nitriles is 4. The van der Waals surface area contributed by atoms with E-state index in [0.29, 0.717) is 65.1 Å². The monoisotopic (exact) mass is 1090 g/mol. The van der Waals surface area contributed by atoms with Gasteiger partial charge in [0.05, 0.1) is 18.8 Å². The molecule has 6 aromatic heterocycles. The van der Waals surface area contributed by atoms with Crippen molar-refractivity contribution in [3.8, 4) is 64.7 Å². The highest BCUT2D eigenvalue weighted by molar-refractivity contribution is 7.32. The summed E-state index contributed by atoms with van der Waals surface area (Å²) in [6, 6.07) is 37.9. The first-order chi connectivity index (χ1) is 36.7. The molecule has 76 heavy (non-hydrogen) atoms. The summed E-state index contributed by atoms with van der Waals surface area (Å²) < 4.78 is 38.1. The molecule has 0 radical (unpaired) electrons. The average Bonchev–Trinajstić information content (AvgIpc) is 4.42. The Labute approximate surface area is 456 Å². The maximum absolute atomic E-state index is 17.4. The molecule has 0 saturated heterocycles. The van der Waals surface area contributed by atoms with E-state index in [-0.39, 0.29) is 34.3 Å². The normalized spacial score (nSPS) is 16.2. The van der Waals surface area contributed by atoms with Gasteiger partial charge in [0.2, 0.25) is 0 Å². The molecule has 4 aliphatic carbocycles. The Balaban J connectivity index is 0.807. The molecule has 10 aromatic rings. The van der Waals surface area contributed by atoms with Crippen molar-refractivity contribution in [2.45, 2.75) is 38.5 Å². The van der Waals surface area contributed by atoms with Gasteiger partial charge in [-0.25, -0.2) is 8.78 Å². The second kappa shape index (κ2) is 16.2. The van der Waals surface area contributed by atoms with Crippen LogP contribution in [0.2, 0.25) is 0 Å². The van der Waals surface area contributed by atoms with E-state index in [2.05, 4.69) is 39.8 Å². The maximum Gasteiger partial charge on any atom is 0.194 e. The fourth-order valence-electron chi connectivity index (χ4n) is 11.8. The lowest BCUT2D eigenvalue weighted by Crippen LogP contribution is -2.16. The van der Waals surface area contributed by atoms with Crippen molar-refractivity contribution in [1.82, 2.24) is 0 Å². The van der Waals surface area contributed by atoms with E-state index in [1.807, 2.05) is 60.7 Å². The van der Waals surface area contributed by atoms with Crippen LogP contribution in [-0.2, 0) is 10.8 Å². The summed E-state index contributed by atoms with van der Waals surface area (Å²) in [5, 5.41) is 40.8. The summed E-state index contributed by atoms with van der Waals surface area (Å²) in [7, 11) is 0. The summed E-state index contributed by atoms with van der Waals surface area (Å²) in [5.41, 5.74) is 7.18. The van der Waals surface area contributed by atoms with Crippen LogP contribution < -0.4 is 0 Å². The molecule has 0 fully saturated rings. The van der Waals surface area contributed by atoms with Gasteiger partial charge in [-0.1, -0.05) is 76.2 Å². The van der Waals surface area contributed by atoms with E-state index in [0.717, 1.165) is 81.4 Å². The zero-order valence-electron chi connectivity index (χ0n) is 40.2. The predicted octanol–water partition coefficient (Wildman–Crippen LogP) is 17.9. The van der Waals surface area contributed by atoms with Crippen LogP contribution in [0.4, 0.5) is 8.78 Å². The topological polar surface area (TPSA) is 129 Å². The molecule has 0 saturated carbocycles. The van der Waals surface area contributed by atoms with Crippen LogP contribution in [-0.4, -0.2) is 11.6 Å². The lowest BCUT2D eigenvalue weighted by atomic mass is 9.81. The minimum atomic E-state index is -0.558. The van der Waals surface area contributed by atoms with Crippen LogP contribution in [0.1, 0.15) is 91.5 Å². The number of thiophene rings is 6. The Morgan fingerprint density at radius 3 is 1.24 bits per heavy atom. The van der Waals surface area contributed by atoms with Crippen molar-refractivity contribution < 1.29 is 18.4 Å². The smallest absolute Gasteiger partial charge is 0.194 e. The molecule has 0 aliphatic heterocycles. The second-order valence-electron chi connectivity index (χ2n) is 20.0. The molecule has 360 valence electrons. The van der Waals surface area contributed by atoms with Gasteiger partial charge in [-0.2, -0.15) is 21.0 Å². The molecule has 6 heterocycles. The Hall–Kier alpha value is -8.02. The first-order valence-electron chi connectivity index (χ1n) is 23.8. The fourth-order valence-corrected chi connectivity index (χ4v) is 19.6. The summed E-state index contributed by atoms with van der Waals surface area (Å²) in [6.45, 7) is 8.61. The van der Waals surface area contributed by atoms with Crippen molar-refractivity contribution in [1.29, 1.82) is 21.0 Å². The zero-order valence-corrected chi connectivity index (χ0v) is 45.1. The second-order valence-corrected chi connectivity index (χ2v) is 26.4. The van der Waals surface area contributed by atoms with Crippen LogP contribution in [0.3, 0.4) is 0 Å². The summed E-state index contributed by atoms with van der Waals surface area (Å²) in [6.07, 6.45) is 3.48. The molecule has 14 heteroatoms. The minimum absolute atomic E-state index is 0.119. The lowest BCUT2D eigenvalue weighted by molar-refractivity contribution is 0.103. The standard InChI is InChI=1S/C62H30F2N4O2S6/c1-61(2)39-17-27-19-43(41-15-13-31(71-41)21-37-45(29(23-65)24-66)33-9-5-7-11-35(33)53(37)69)73-55(27)51(63)47(39)57-49(61)59-60(75-57)50-58(76-59)48-40(62(50,3)4)18-28-20-44(74-56(28)52(48)64)42-16-14-32(72-42)22-38-46(30(25-67)26-68)34-10-6-8-12-36(34)54(38)70/h5-22H,1-4H3. The van der Waals surface area contributed by atoms with Crippen molar-refractivity contribution >= 4 is 132 Å². The van der Waals surface area contributed by atoms with Gasteiger partial charge < -0.3 is 0 Å². The fraction of sp³-hybridized carbons (Fsp3) is 0.0968. The third-order valence-electron chi connectivity index (χ3n) is 15.2. The number of nitrogens with zero attached hydrogens (tertiary/aromatic N) is 4. The van der Waals surface area contributed by atoms with E-state index < -0.39 is 10.8 Å². The first-order valence-corrected chi connectivity index (χ1v) is 28.7. The highest BCUT2D eigenvalue weighted by Crippen LogP contribution is 2.65. The number of allylic oxidation sites excluding steroid dienone is 6. The lowest BCUT2D eigenvalue weighted by Gasteiger charge is -2.22. The number of rotatable bonds is 4. The first kappa shape index (κ1) is 46.5. The van der Waals surface area contributed by atoms with Crippen LogP contribution in [0.5, 0.6) is 0 Å². The number of fused-ring (bicyclic) bond motifs is 13. The molecule has 0 bridgehead atoms. The molecular weight excluding hydrogens is 1060 g/mol. The predicted molar refractivity (Wildman–Crippen MR) is 306 cm³/mol. The number of hydrogen-bond donors (Lipinski definition) is 0. The van der Waals surface area contributed by atoms with Crippen molar-refractivity contribution in [2.24, 2.45) is 0 Å². The molecule has 0 N–H and O–H groups in total. The van der Waals surface area contributed by atoms with Gasteiger partial charge in [-0.05, 0) is 105 Å². The van der Waals surface area contributed by atoms with Gasteiger partial charge in [-0.15, -0.1) is 68.0 Å². The van der Waals surface area contributed by atoms with E-state index in [1.54, 1.807) is 83.4 Å². The van der Waals surface area contributed by atoms with Gasteiger partial charge >= 0.3 is 0 Å². The number of Topliss-reactive ketones (excluding diaryl/α,β-unsaturated/α-hetero) is 2. The van der Waals surface area contributed by atoms with E-state index in [4.69, 9.17) is 0 Å². The van der Waals surface area contributed by atoms with Gasteiger partial charge in [0.15, 0.2) is 11.6 Å². The summed E-state index contributed by atoms with van der Waals surface area (Å²) >= 11 is 8.92. The molecule has 0 spiro atoms. The number of carbonyl (C=O) groups excluding carboxylic acids is 2. The highest BCUT2D eigenvalue weighted by Gasteiger charge is 2.47. The largest absolute Gasteiger partial charge is 0.289 e. The van der Waals surface area contributed by atoms with Gasteiger partial charge in [0, 0.05) is 94.4 Å². The van der Waals surface area contributed by atoms with Crippen LogP contribution in [0.15, 0.2) is 119 Å². The third-order valence-corrected chi connectivity index (χ3v) is 22.6. The quantitative estimate of drug-likeness (QED) is 0.127. The zero-order chi connectivity index (χ0) is 52.4. The molecule has 4 aliphatic rings. The van der Waals surface area contributed by atoms with Gasteiger partial charge in [-0.3, -0.25) is 9.59 Å². The molecular formula is C62H30F2N4O2S6. The van der Waals surface area contributed by atoms with Crippen LogP contribution in [0, 0.1) is 57.0 Å². The number of hydrogen-bond acceptors (Lipinski definition) is 12. The number of benzene rings is 4. The SMILES string of the molecule is CC1(C)c2cc3cc(-c4ccc(C=C5C(=O)c6ccccc6C5=C(C#N)C#N)s4)sc3c(F)c2-c2sc3c4c(sc3c21)-c1c(cc2cc(-c3ccc(C=C5C(=O)c6ccccc6C5=C(C#N)C#N)s3)sc2c1F)C4(C)C. The number of halogens is 2. The summed E-state index contributed by atoms with van der Waals surface area (Å²) in [5.74, 6) is -0.991. The maximum atomic E-state index is 17.4. The Kier molecular flexibility index (Phi) is 9.94. The van der Waals surface area contributed by atoms with Crippen molar-refractivity contribution in [3.63, 3.8) is 0 Å². The van der Waals surface area contributed by atoms with Crippen LogP contribution >= 0.6 is 68.0 Å². The molecule has 0 unspecified atom stereocenters. The average molecular weight is 1090 g/mol. The highest BCUT2D eigenvalue weighted by atomic mass is 32.1. The minimum Gasteiger partial charge on any atom is -0.289 e. The van der Waals surface area contributed by atoms with Gasteiger partial charge in [0.25, 0.3) is 0 Å². The molecule has 6 nitrogen and oxygen atoms in total. The Morgan fingerprint density at radius 1 is 0.474 bits per heavy atom. The summed E-state index contributed by atoms with van der Waals surface area (Å²) in [4.78, 5) is 34.1. The third kappa shape index (κ3) is 6.20. The van der Waals surface area contributed by atoms with E-state index in [9.17, 15) is 30.6 Å². The molecule has 14 rings (SSSR count). The van der Waals surface area contributed by atoms with Crippen molar-refractivity contribution in [3.05, 3.63) is 185 Å². The van der Waals surface area contributed by atoms with Crippen molar-refractivity contribution in [2.75, 3.05) is 0 Å². The number of ketones is 2.